The van der Waals surface area contributed by atoms with Crippen molar-refractivity contribution in [2.24, 2.45) is 0 Å². The molecular weight excluding hydrogens is 382 g/mol. The Labute approximate surface area is 173 Å². The number of nitrogens with one attached hydrogen (secondary N) is 2. The number of nitrogens with zero attached hydrogens (tertiary/aromatic N) is 1. The van der Waals surface area contributed by atoms with E-state index in [4.69, 9.17) is 0 Å². The van der Waals surface area contributed by atoms with Crippen molar-refractivity contribution in [1.82, 2.24) is 15.5 Å². The van der Waals surface area contributed by atoms with Crippen molar-refractivity contribution in [3.63, 3.8) is 0 Å². The minimum absolute atomic E-state index is 0.219. The van der Waals surface area contributed by atoms with Crippen LogP contribution in [0, 0.1) is 11.8 Å². The average Bonchev–Trinajstić information content (AvgIpc) is 3.07. The Morgan fingerprint density at radius 2 is 1.93 bits per heavy atom. The van der Waals surface area contributed by atoms with Gasteiger partial charge in [0.05, 0.1) is 0 Å². The molecule has 30 heavy (non-hydrogen) atoms. The first-order chi connectivity index (χ1) is 14.5. The molecule has 0 saturated carbocycles. The third-order valence-corrected chi connectivity index (χ3v) is 5.14. The molecule has 7 nitrogen and oxygen atoms in total. The van der Waals surface area contributed by atoms with Crippen LogP contribution in [0.15, 0.2) is 48.5 Å². The summed E-state index contributed by atoms with van der Waals surface area (Å²) in [6.07, 6.45) is 0.547. The Hall–Kier alpha value is -3.92. The number of hydrogen-bond acceptors (Lipinski definition) is 4. The quantitative estimate of drug-likeness (QED) is 0.595. The van der Waals surface area contributed by atoms with Gasteiger partial charge in [-0.15, -0.1) is 0 Å². The second-order valence-electron chi connectivity index (χ2n) is 7.19. The highest BCUT2D eigenvalue weighted by molar-refractivity contribution is 6.05. The van der Waals surface area contributed by atoms with E-state index in [0.717, 1.165) is 16.7 Å². The van der Waals surface area contributed by atoms with E-state index in [1.54, 1.807) is 12.1 Å². The predicted molar refractivity (Wildman–Crippen MR) is 108 cm³/mol. The largest absolute Gasteiger partial charge is 0.341 e. The second kappa shape index (κ2) is 8.21. The van der Waals surface area contributed by atoms with E-state index in [9.17, 15) is 19.2 Å². The maximum atomic E-state index is 12.7. The number of rotatable bonds is 3. The molecule has 2 aromatic carbocycles. The van der Waals surface area contributed by atoms with Gasteiger partial charge in [-0.1, -0.05) is 36.3 Å². The monoisotopic (exact) mass is 401 g/mol. The van der Waals surface area contributed by atoms with E-state index in [1.165, 1.54) is 4.90 Å². The first-order valence-electron chi connectivity index (χ1n) is 9.62. The minimum atomic E-state index is -0.640. The van der Waals surface area contributed by atoms with Crippen LogP contribution in [0.3, 0.4) is 0 Å². The van der Waals surface area contributed by atoms with Gasteiger partial charge in [-0.25, -0.2) is 0 Å². The summed E-state index contributed by atoms with van der Waals surface area (Å²) >= 11 is 0. The molecule has 0 aromatic heterocycles. The number of imide groups is 1. The first kappa shape index (κ1) is 19.4. The number of piperidine rings is 1. The Morgan fingerprint density at radius 1 is 1.13 bits per heavy atom. The van der Waals surface area contributed by atoms with Gasteiger partial charge in [-0.3, -0.25) is 24.5 Å². The molecule has 2 N–H and O–H groups in total. The number of fused-ring (bicyclic) bond motifs is 1. The van der Waals surface area contributed by atoms with Crippen LogP contribution < -0.4 is 10.6 Å². The lowest BCUT2D eigenvalue weighted by molar-refractivity contribution is -0.137. The highest BCUT2D eigenvalue weighted by atomic mass is 16.2. The van der Waals surface area contributed by atoms with Crippen LogP contribution in [0.1, 0.15) is 39.9 Å². The van der Waals surface area contributed by atoms with Crippen molar-refractivity contribution < 1.29 is 19.2 Å². The maximum Gasteiger partial charge on any atom is 0.296 e. The summed E-state index contributed by atoms with van der Waals surface area (Å²) in [6, 6.07) is 13.9. The predicted octanol–water partition coefficient (Wildman–Crippen LogP) is 1.12. The molecule has 7 heteroatoms. The molecule has 0 bridgehead atoms. The topological polar surface area (TPSA) is 95.6 Å². The number of carbonyl (C=O) groups is 4. The van der Waals surface area contributed by atoms with Gasteiger partial charge in [0, 0.05) is 36.6 Å². The van der Waals surface area contributed by atoms with E-state index in [0.29, 0.717) is 18.5 Å². The SMILES string of the molecule is O=C(C#Cc1ccccc1)NCc1ccc2c(c1)CN(C1CCC(=O)NC1=O)C2=O. The second-order valence-corrected chi connectivity index (χ2v) is 7.19. The molecule has 1 unspecified atom stereocenters. The summed E-state index contributed by atoms with van der Waals surface area (Å²) in [5, 5.41) is 5.03. The number of hydrogen-bond donors (Lipinski definition) is 2. The Kier molecular flexibility index (Phi) is 5.31. The Bertz CT molecular complexity index is 1100. The van der Waals surface area contributed by atoms with Gasteiger partial charge < -0.3 is 10.2 Å². The molecule has 0 aliphatic carbocycles. The molecule has 1 atom stereocenters. The van der Waals surface area contributed by atoms with Gasteiger partial charge in [0.2, 0.25) is 11.8 Å². The Morgan fingerprint density at radius 3 is 2.70 bits per heavy atom. The van der Waals surface area contributed by atoms with Crippen LogP contribution in [0.2, 0.25) is 0 Å². The lowest BCUT2D eigenvalue weighted by Gasteiger charge is -2.29. The fourth-order valence-corrected chi connectivity index (χ4v) is 3.61. The lowest BCUT2D eigenvalue weighted by Crippen LogP contribution is -2.52. The number of benzene rings is 2. The van der Waals surface area contributed by atoms with Gasteiger partial charge >= 0.3 is 0 Å². The molecule has 150 valence electrons. The van der Waals surface area contributed by atoms with Crippen molar-refractivity contribution in [3.05, 3.63) is 70.8 Å². The zero-order valence-corrected chi connectivity index (χ0v) is 16.1. The highest BCUT2D eigenvalue weighted by Crippen LogP contribution is 2.28. The zero-order valence-electron chi connectivity index (χ0n) is 16.1. The smallest absolute Gasteiger partial charge is 0.296 e. The van der Waals surface area contributed by atoms with E-state index in [-0.39, 0.29) is 30.7 Å². The van der Waals surface area contributed by atoms with Crippen molar-refractivity contribution in [3.8, 4) is 11.8 Å². The van der Waals surface area contributed by atoms with E-state index < -0.39 is 11.9 Å². The average molecular weight is 401 g/mol. The molecule has 1 saturated heterocycles. The lowest BCUT2D eigenvalue weighted by atomic mass is 10.0. The normalized spacial score (nSPS) is 17.7. The van der Waals surface area contributed by atoms with Crippen molar-refractivity contribution in [1.29, 1.82) is 0 Å². The van der Waals surface area contributed by atoms with Crippen molar-refractivity contribution >= 4 is 23.6 Å². The minimum Gasteiger partial charge on any atom is -0.341 e. The van der Waals surface area contributed by atoms with E-state index in [2.05, 4.69) is 22.5 Å². The zero-order chi connectivity index (χ0) is 21.1. The van der Waals surface area contributed by atoms with Crippen LogP contribution in [0.25, 0.3) is 0 Å². The van der Waals surface area contributed by atoms with E-state index >= 15 is 0 Å². The molecule has 4 amide bonds. The molecule has 2 aromatic rings. The summed E-state index contributed by atoms with van der Waals surface area (Å²) in [6.45, 7) is 0.582. The standard InChI is InChI=1S/C23H19N3O4/c27-20(10-7-15-4-2-1-3-5-15)24-13-16-6-8-18-17(12-16)14-26(23(18)30)19-9-11-21(28)25-22(19)29/h1-6,8,12,19H,9,11,13-14H2,(H,24,27)(H,25,28,29). The number of amides is 4. The summed E-state index contributed by atoms with van der Waals surface area (Å²) in [4.78, 5) is 49.6. The van der Waals surface area contributed by atoms with Gasteiger partial charge in [0.15, 0.2) is 0 Å². The Balaban J connectivity index is 1.39. The van der Waals surface area contributed by atoms with Crippen LogP contribution in [0.4, 0.5) is 0 Å². The van der Waals surface area contributed by atoms with Gasteiger partial charge in [0.1, 0.15) is 6.04 Å². The molecule has 2 aliphatic rings. The molecule has 0 radical (unpaired) electrons. The third-order valence-electron chi connectivity index (χ3n) is 5.14. The van der Waals surface area contributed by atoms with Crippen molar-refractivity contribution in [2.45, 2.75) is 32.0 Å². The first-order valence-corrected chi connectivity index (χ1v) is 9.62. The highest BCUT2D eigenvalue weighted by Gasteiger charge is 2.38. The maximum absolute atomic E-state index is 12.7. The summed E-state index contributed by atoms with van der Waals surface area (Å²) < 4.78 is 0. The van der Waals surface area contributed by atoms with Gasteiger partial charge in [0.25, 0.3) is 11.8 Å². The summed E-state index contributed by atoms with van der Waals surface area (Å²) in [5.74, 6) is 4.00. The van der Waals surface area contributed by atoms with Crippen LogP contribution >= 0.6 is 0 Å². The van der Waals surface area contributed by atoms with Gasteiger partial charge in [-0.2, -0.15) is 0 Å². The van der Waals surface area contributed by atoms with Crippen LogP contribution in [-0.2, 0) is 27.5 Å². The summed E-state index contributed by atoms with van der Waals surface area (Å²) in [7, 11) is 0. The molecule has 4 rings (SSSR count). The van der Waals surface area contributed by atoms with Crippen molar-refractivity contribution in [2.75, 3.05) is 0 Å². The summed E-state index contributed by atoms with van der Waals surface area (Å²) in [5.41, 5.74) is 2.93. The molecule has 0 spiro atoms. The fourth-order valence-electron chi connectivity index (χ4n) is 3.61. The fraction of sp³-hybridized carbons (Fsp3) is 0.217. The molecular formula is C23H19N3O4. The van der Waals surface area contributed by atoms with E-state index in [1.807, 2.05) is 36.4 Å². The molecule has 2 aliphatic heterocycles. The van der Waals surface area contributed by atoms with Gasteiger partial charge in [-0.05, 0) is 35.7 Å². The molecule has 1 fully saturated rings. The van der Waals surface area contributed by atoms with Crippen LogP contribution in [0.5, 0.6) is 0 Å². The number of carbonyl (C=O) groups excluding carboxylic acids is 4. The third kappa shape index (κ3) is 4.08. The van der Waals surface area contributed by atoms with Crippen LogP contribution in [-0.4, -0.2) is 34.6 Å². The molecule has 2 heterocycles.